The lowest BCUT2D eigenvalue weighted by Gasteiger charge is -2.56. The van der Waals surface area contributed by atoms with Crippen LogP contribution in [0.1, 0.15) is 80.1 Å². The second-order valence-electron chi connectivity index (χ2n) is 11.5. The van der Waals surface area contributed by atoms with Crippen LogP contribution in [0.5, 0.6) is 0 Å². The highest BCUT2D eigenvalue weighted by atomic mass is 16.2. The van der Waals surface area contributed by atoms with E-state index in [2.05, 4.69) is 10.6 Å². The van der Waals surface area contributed by atoms with E-state index < -0.39 is 0 Å². The van der Waals surface area contributed by atoms with Gasteiger partial charge in [-0.1, -0.05) is 12.1 Å². The van der Waals surface area contributed by atoms with Crippen molar-refractivity contribution in [1.29, 1.82) is 0 Å². The van der Waals surface area contributed by atoms with Crippen LogP contribution in [0.3, 0.4) is 0 Å². The van der Waals surface area contributed by atoms with Gasteiger partial charge in [-0.05, 0) is 99.7 Å². The van der Waals surface area contributed by atoms with Crippen molar-refractivity contribution < 1.29 is 14.4 Å². The highest BCUT2D eigenvalue weighted by Crippen LogP contribution is 2.60. The summed E-state index contributed by atoms with van der Waals surface area (Å²) in [7, 11) is 0. The van der Waals surface area contributed by atoms with Gasteiger partial charge in [-0.15, -0.1) is 0 Å². The molecule has 1 atom stereocenters. The van der Waals surface area contributed by atoms with Crippen LogP contribution in [0.2, 0.25) is 0 Å². The largest absolute Gasteiger partial charge is 0.350 e. The summed E-state index contributed by atoms with van der Waals surface area (Å²) in [5.74, 6) is 2.38. The minimum atomic E-state index is -0.339. The number of nitrogens with one attached hydrogen (secondary N) is 2. The molecule has 176 valence electrons. The second kappa shape index (κ2) is 8.14. The molecule has 1 unspecified atom stereocenters. The molecule has 4 bridgehead atoms. The Bertz CT molecular complexity index is 917. The fourth-order valence-electron chi connectivity index (χ4n) is 7.54. The highest BCUT2D eigenvalue weighted by molar-refractivity contribution is 5.94. The molecule has 3 amide bonds. The summed E-state index contributed by atoms with van der Waals surface area (Å²) in [6.45, 7) is 1.13. The summed E-state index contributed by atoms with van der Waals surface area (Å²) in [5, 5.41) is 6.05. The molecule has 6 heteroatoms. The van der Waals surface area contributed by atoms with E-state index in [1.807, 2.05) is 29.2 Å². The van der Waals surface area contributed by atoms with Crippen molar-refractivity contribution in [2.75, 3.05) is 6.54 Å². The first-order chi connectivity index (χ1) is 16.0. The number of rotatable bonds is 6. The number of nitrogens with zero attached hydrogens (tertiary/aromatic N) is 1. The molecule has 1 saturated heterocycles. The van der Waals surface area contributed by atoms with Crippen LogP contribution in [0.4, 0.5) is 0 Å². The Hall–Kier alpha value is -2.37. The van der Waals surface area contributed by atoms with Crippen LogP contribution in [-0.2, 0) is 16.1 Å². The summed E-state index contributed by atoms with van der Waals surface area (Å²) in [6.07, 6.45) is 10.9. The van der Waals surface area contributed by atoms with Crippen LogP contribution in [0.15, 0.2) is 24.3 Å². The SMILES string of the molecule is O=C(NC1CC1)c1ccc(CNC(=O)C2CCCN2C(=O)C23CC4CC(CC(C4)C2)C3)cc1. The van der Waals surface area contributed by atoms with E-state index in [-0.39, 0.29) is 29.2 Å². The van der Waals surface area contributed by atoms with Crippen molar-refractivity contribution in [3.05, 3.63) is 35.4 Å². The quantitative estimate of drug-likeness (QED) is 0.699. The third-order valence-electron chi connectivity index (χ3n) is 8.90. The number of hydrogen-bond donors (Lipinski definition) is 2. The number of benzene rings is 1. The van der Waals surface area contributed by atoms with Gasteiger partial charge < -0.3 is 15.5 Å². The molecule has 33 heavy (non-hydrogen) atoms. The predicted molar refractivity (Wildman–Crippen MR) is 124 cm³/mol. The van der Waals surface area contributed by atoms with Crippen molar-refractivity contribution in [3.63, 3.8) is 0 Å². The smallest absolute Gasteiger partial charge is 0.251 e. The van der Waals surface area contributed by atoms with Gasteiger partial charge in [0.1, 0.15) is 6.04 Å². The molecule has 6 aliphatic rings. The molecule has 6 nitrogen and oxygen atoms in total. The fraction of sp³-hybridized carbons (Fsp3) is 0.667. The van der Waals surface area contributed by atoms with Gasteiger partial charge in [0.25, 0.3) is 5.91 Å². The van der Waals surface area contributed by atoms with Crippen LogP contribution >= 0.6 is 0 Å². The average molecular weight is 450 g/mol. The maximum Gasteiger partial charge on any atom is 0.251 e. The Labute approximate surface area is 195 Å². The zero-order valence-electron chi connectivity index (χ0n) is 19.4. The maximum absolute atomic E-state index is 13.8. The first kappa shape index (κ1) is 21.2. The Morgan fingerprint density at radius 2 is 1.55 bits per heavy atom. The molecule has 7 rings (SSSR count). The lowest BCUT2D eigenvalue weighted by atomic mass is 9.49. The number of hydrogen-bond acceptors (Lipinski definition) is 3. The molecule has 6 fully saturated rings. The minimum Gasteiger partial charge on any atom is -0.350 e. The molecule has 5 aliphatic carbocycles. The van der Waals surface area contributed by atoms with Crippen LogP contribution in [0.25, 0.3) is 0 Å². The van der Waals surface area contributed by atoms with Gasteiger partial charge >= 0.3 is 0 Å². The lowest BCUT2D eigenvalue weighted by Crippen LogP contribution is -2.57. The monoisotopic (exact) mass is 449 g/mol. The lowest BCUT2D eigenvalue weighted by molar-refractivity contribution is -0.160. The molecule has 2 N–H and O–H groups in total. The molecular weight excluding hydrogens is 414 g/mol. The number of carbonyl (C=O) groups excluding carboxylic acids is 3. The normalized spacial score (nSPS) is 34.4. The van der Waals surface area contributed by atoms with Gasteiger partial charge in [0.2, 0.25) is 11.8 Å². The van der Waals surface area contributed by atoms with Gasteiger partial charge in [0.15, 0.2) is 0 Å². The molecular formula is C27H35N3O3. The van der Waals surface area contributed by atoms with Crippen LogP contribution in [-0.4, -0.2) is 41.2 Å². The highest BCUT2D eigenvalue weighted by Gasteiger charge is 2.56. The van der Waals surface area contributed by atoms with Crippen molar-refractivity contribution in [2.24, 2.45) is 23.2 Å². The van der Waals surface area contributed by atoms with E-state index in [4.69, 9.17) is 0 Å². The van der Waals surface area contributed by atoms with E-state index in [9.17, 15) is 14.4 Å². The molecule has 1 aromatic rings. The van der Waals surface area contributed by atoms with E-state index in [0.29, 0.717) is 24.7 Å². The third-order valence-corrected chi connectivity index (χ3v) is 8.90. The molecule has 5 saturated carbocycles. The molecule has 1 aromatic carbocycles. The third kappa shape index (κ3) is 4.06. The first-order valence-corrected chi connectivity index (χ1v) is 13.0. The topological polar surface area (TPSA) is 78.5 Å². The number of likely N-dealkylation sites (tertiary alicyclic amines) is 1. The van der Waals surface area contributed by atoms with Gasteiger partial charge in [0, 0.05) is 24.7 Å². The summed E-state index contributed by atoms with van der Waals surface area (Å²) in [4.78, 5) is 41.0. The second-order valence-corrected chi connectivity index (χ2v) is 11.5. The van der Waals surface area contributed by atoms with Gasteiger partial charge in [-0.3, -0.25) is 14.4 Å². The minimum absolute atomic E-state index is 0.0297. The van der Waals surface area contributed by atoms with Crippen LogP contribution in [0, 0.1) is 23.2 Å². The van der Waals surface area contributed by atoms with E-state index in [1.165, 1.54) is 19.3 Å². The Balaban J connectivity index is 1.07. The van der Waals surface area contributed by atoms with E-state index in [1.54, 1.807) is 0 Å². The summed E-state index contributed by atoms with van der Waals surface area (Å²) >= 11 is 0. The first-order valence-electron chi connectivity index (χ1n) is 13.0. The maximum atomic E-state index is 13.8. The predicted octanol–water partition coefficient (Wildman–Crippen LogP) is 3.40. The van der Waals surface area contributed by atoms with Crippen molar-refractivity contribution in [2.45, 2.75) is 82.8 Å². The fourth-order valence-corrected chi connectivity index (χ4v) is 7.54. The number of amides is 3. The zero-order valence-corrected chi connectivity index (χ0v) is 19.4. The van der Waals surface area contributed by atoms with Crippen molar-refractivity contribution in [1.82, 2.24) is 15.5 Å². The van der Waals surface area contributed by atoms with E-state index in [0.717, 1.165) is 68.3 Å². The van der Waals surface area contributed by atoms with Crippen LogP contribution < -0.4 is 10.6 Å². The molecule has 0 aromatic heterocycles. The Kier molecular flexibility index (Phi) is 5.22. The zero-order chi connectivity index (χ0) is 22.6. The summed E-state index contributed by atoms with van der Waals surface area (Å²) in [5.41, 5.74) is 1.43. The molecule has 0 spiro atoms. The van der Waals surface area contributed by atoms with Gasteiger partial charge in [-0.25, -0.2) is 0 Å². The molecule has 1 aliphatic heterocycles. The van der Waals surface area contributed by atoms with Gasteiger partial charge in [0.05, 0.1) is 5.41 Å². The van der Waals surface area contributed by atoms with Crippen molar-refractivity contribution >= 4 is 17.7 Å². The van der Waals surface area contributed by atoms with E-state index >= 15 is 0 Å². The Morgan fingerprint density at radius 1 is 0.909 bits per heavy atom. The van der Waals surface area contributed by atoms with Crippen molar-refractivity contribution in [3.8, 4) is 0 Å². The standard InChI is InChI=1S/C27H35N3O3/c31-24(29-22-7-8-22)21-5-3-17(4-6-21)16-28-25(32)23-2-1-9-30(23)26(33)27-13-18-10-19(14-27)12-20(11-18)15-27/h3-6,18-20,22-23H,1-2,7-16H2,(H,28,32)(H,29,31). The summed E-state index contributed by atoms with van der Waals surface area (Å²) in [6, 6.07) is 7.43. The molecule has 1 heterocycles. The summed E-state index contributed by atoms with van der Waals surface area (Å²) < 4.78 is 0. The average Bonchev–Trinajstić information content (AvgIpc) is 3.48. The number of carbonyl (C=O) groups is 3. The Morgan fingerprint density at radius 3 is 2.15 bits per heavy atom. The van der Waals surface area contributed by atoms with Gasteiger partial charge in [-0.2, -0.15) is 0 Å². The molecule has 0 radical (unpaired) electrons.